The van der Waals surface area contributed by atoms with Gasteiger partial charge in [-0.25, -0.2) is 0 Å². The van der Waals surface area contributed by atoms with Crippen LogP contribution in [-0.2, 0) is 4.74 Å². The third-order valence-electron chi connectivity index (χ3n) is 2.40. The van der Waals surface area contributed by atoms with Gasteiger partial charge in [0.1, 0.15) is 5.75 Å². The number of ether oxygens (including phenoxy) is 2. The number of Topliss-reactive ketones (excluding diaryl/α,β-unsaturated/α-hetero) is 1. The molecule has 0 spiro atoms. The summed E-state index contributed by atoms with van der Waals surface area (Å²) in [7, 11) is 3.27. The Morgan fingerprint density at radius 3 is 2.53 bits per heavy atom. The van der Waals surface area contributed by atoms with E-state index < -0.39 is 0 Å². The molecule has 1 aromatic carbocycles. The van der Waals surface area contributed by atoms with Gasteiger partial charge in [-0.05, 0) is 37.2 Å². The van der Waals surface area contributed by atoms with Gasteiger partial charge >= 0.3 is 0 Å². The van der Waals surface area contributed by atoms with E-state index in [4.69, 9.17) is 9.47 Å². The summed E-state index contributed by atoms with van der Waals surface area (Å²) in [5, 5.41) is 3.09. The van der Waals surface area contributed by atoms with Gasteiger partial charge in [-0.15, -0.1) is 0 Å². The highest BCUT2D eigenvalue weighted by Crippen LogP contribution is 2.11. The molecule has 0 fully saturated rings. The van der Waals surface area contributed by atoms with Crippen LogP contribution in [0, 0.1) is 0 Å². The van der Waals surface area contributed by atoms with Gasteiger partial charge in [-0.2, -0.15) is 0 Å². The van der Waals surface area contributed by atoms with Gasteiger partial charge in [-0.1, -0.05) is 0 Å². The van der Waals surface area contributed by atoms with Gasteiger partial charge in [0.05, 0.1) is 13.7 Å². The van der Waals surface area contributed by atoms with Crippen molar-refractivity contribution < 1.29 is 14.3 Å². The van der Waals surface area contributed by atoms with Gasteiger partial charge in [0.25, 0.3) is 0 Å². The second-order valence-electron chi connectivity index (χ2n) is 3.67. The molecule has 0 radical (unpaired) electrons. The molecular formula is C13H19NO3. The second kappa shape index (κ2) is 7.81. The number of carbonyl (C=O) groups is 1. The average molecular weight is 237 g/mol. The summed E-state index contributed by atoms with van der Waals surface area (Å²) in [6.07, 6.45) is 0.909. The Bertz CT molecular complexity index is 335. The van der Waals surface area contributed by atoms with Gasteiger partial charge in [0, 0.05) is 19.3 Å². The van der Waals surface area contributed by atoms with E-state index in [2.05, 4.69) is 5.32 Å². The van der Waals surface area contributed by atoms with E-state index >= 15 is 0 Å². The molecule has 0 atom stereocenters. The SMILES string of the molecule is COCCCNCC(=O)c1ccc(OC)cc1. The number of rotatable bonds is 8. The highest BCUT2D eigenvalue weighted by Gasteiger charge is 2.04. The monoisotopic (exact) mass is 237 g/mol. The molecule has 0 heterocycles. The third kappa shape index (κ3) is 4.97. The molecular weight excluding hydrogens is 218 g/mol. The minimum atomic E-state index is 0.0880. The fourth-order valence-corrected chi connectivity index (χ4v) is 1.42. The summed E-state index contributed by atoms with van der Waals surface area (Å²) in [5.41, 5.74) is 0.699. The van der Waals surface area contributed by atoms with Crippen molar-refractivity contribution in [1.82, 2.24) is 5.32 Å². The Morgan fingerprint density at radius 2 is 1.94 bits per heavy atom. The molecule has 17 heavy (non-hydrogen) atoms. The Labute approximate surface area is 102 Å². The number of nitrogens with one attached hydrogen (secondary N) is 1. The van der Waals surface area contributed by atoms with Crippen LogP contribution in [0.1, 0.15) is 16.8 Å². The van der Waals surface area contributed by atoms with Crippen LogP contribution in [0.5, 0.6) is 5.75 Å². The summed E-state index contributed by atoms with van der Waals surface area (Å²) in [4.78, 5) is 11.7. The molecule has 4 nitrogen and oxygen atoms in total. The maximum Gasteiger partial charge on any atom is 0.176 e. The van der Waals surface area contributed by atoms with Crippen molar-refractivity contribution in [2.45, 2.75) is 6.42 Å². The lowest BCUT2D eigenvalue weighted by atomic mass is 10.1. The van der Waals surface area contributed by atoms with E-state index in [1.54, 1.807) is 38.5 Å². The lowest BCUT2D eigenvalue weighted by Crippen LogP contribution is -2.24. The molecule has 0 amide bonds. The molecule has 94 valence electrons. The minimum absolute atomic E-state index is 0.0880. The molecule has 1 rings (SSSR count). The summed E-state index contributed by atoms with van der Waals surface area (Å²) >= 11 is 0. The zero-order chi connectivity index (χ0) is 12.5. The molecule has 1 N–H and O–H groups in total. The third-order valence-corrected chi connectivity index (χ3v) is 2.40. The van der Waals surface area contributed by atoms with Crippen molar-refractivity contribution in [3.05, 3.63) is 29.8 Å². The smallest absolute Gasteiger partial charge is 0.176 e. The quantitative estimate of drug-likeness (QED) is 0.550. The zero-order valence-corrected chi connectivity index (χ0v) is 10.4. The second-order valence-corrected chi connectivity index (χ2v) is 3.67. The first kappa shape index (κ1) is 13.7. The number of hydrogen-bond donors (Lipinski definition) is 1. The molecule has 0 saturated heterocycles. The van der Waals surface area contributed by atoms with Crippen LogP contribution in [0.2, 0.25) is 0 Å². The number of methoxy groups -OCH3 is 2. The molecule has 1 aromatic rings. The molecule has 0 bridgehead atoms. The molecule has 0 aliphatic rings. The van der Waals surface area contributed by atoms with Crippen molar-refractivity contribution in [3.8, 4) is 5.75 Å². The molecule has 4 heteroatoms. The van der Waals surface area contributed by atoms with Gasteiger partial charge in [0.2, 0.25) is 0 Å². The van der Waals surface area contributed by atoms with Crippen LogP contribution in [0.25, 0.3) is 0 Å². The Balaban J connectivity index is 2.31. The Hall–Kier alpha value is -1.39. The predicted octanol–water partition coefficient (Wildman–Crippen LogP) is 1.50. The molecule has 0 aromatic heterocycles. The maximum atomic E-state index is 11.7. The van der Waals surface area contributed by atoms with Gasteiger partial charge in [0.15, 0.2) is 5.78 Å². The average Bonchev–Trinajstić information content (AvgIpc) is 2.38. The first-order valence-electron chi connectivity index (χ1n) is 5.65. The number of ketones is 1. The zero-order valence-electron chi connectivity index (χ0n) is 10.4. The molecule has 0 aliphatic carbocycles. The largest absolute Gasteiger partial charge is 0.497 e. The van der Waals surface area contributed by atoms with Gasteiger partial charge in [-0.3, -0.25) is 4.79 Å². The fraction of sp³-hybridized carbons (Fsp3) is 0.462. The minimum Gasteiger partial charge on any atom is -0.497 e. The lowest BCUT2D eigenvalue weighted by Gasteiger charge is -2.05. The highest BCUT2D eigenvalue weighted by molar-refractivity contribution is 5.97. The van der Waals surface area contributed by atoms with Crippen LogP contribution in [0.3, 0.4) is 0 Å². The van der Waals surface area contributed by atoms with E-state index in [1.165, 1.54) is 0 Å². The van der Waals surface area contributed by atoms with Crippen LogP contribution in [0.4, 0.5) is 0 Å². The van der Waals surface area contributed by atoms with Crippen molar-refractivity contribution in [2.75, 3.05) is 33.9 Å². The van der Waals surface area contributed by atoms with Crippen molar-refractivity contribution >= 4 is 5.78 Å². The summed E-state index contributed by atoms with van der Waals surface area (Å²) in [6.45, 7) is 1.86. The summed E-state index contributed by atoms with van der Waals surface area (Å²) in [6, 6.07) is 7.13. The summed E-state index contributed by atoms with van der Waals surface area (Å²) < 4.78 is 9.95. The van der Waals surface area contributed by atoms with E-state index in [-0.39, 0.29) is 5.78 Å². The van der Waals surface area contributed by atoms with Crippen LogP contribution >= 0.6 is 0 Å². The normalized spacial score (nSPS) is 10.2. The highest BCUT2D eigenvalue weighted by atomic mass is 16.5. The Kier molecular flexibility index (Phi) is 6.29. The topological polar surface area (TPSA) is 47.6 Å². The predicted molar refractivity (Wildman–Crippen MR) is 66.7 cm³/mol. The van der Waals surface area contributed by atoms with E-state index in [0.29, 0.717) is 18.7 Å². The van der Waals surface area contributed by atoms with E-state index in [9.17, 15) is 4.79 Å². The standard InChI is InChI=1S/C13H19NO3/c1-16-9-3-8-14-10-13(15)11-4-6-12(17-2)7-5-11/h4-7,14H,3,8-10H2,1-2H3. The number of benzene rings is 1. The van der Waals surface area contributed by atoms with Crippen LogP contribution in [-0.4, -0.2) is 39.7 Å². The van der Waals surface area contributed by atoms with Crippen molar-refractivity contribution in [1.29, 1.82) is 0 Å². The van der Waals surface area contributed by atoms with Crippen molar-refractivity contribution in [3.63, 3.8) is 0 Å². The van der Waals surface area contributed by atoms with Gasteiger partial charge < -0.3 is 14.8 Å². The van der Waals surface area contributed by atoms with Crippen LogP contribution in [0.15, 0.2) is 24.3 Å². The first-order chi connectivity index (χ1) is 8.27. The maximum absolute atomic E-state index is 11.7. The number of hydrogen-bond acceptors (Lipinski definition) is 4. The lowest BCUT2D eigenvalue weighted by molar-refractivity contribution is 0.0990. The van der Waals surface area contributed by atoms with E-state index in [0.717, 1.165) is 18.7 Å². The summed E-state index contributed by atoms with van der Waals surface area (Å²) in [5.74, 6) is 0.847. The Morgan fingerprint density at radius 1 is 1.24 bits per heavy atom. The molecule has 0 unspecified atom stereocenters. The van der Waals surface area contributed by atoms with Crippen molar-refractivity contribution in [2.24, 2.45) is 0 Å². The number of carbonyl (C=O) groups excluding carboxylic acids is 1. The van der Waals surface area contributed by atoms with Crippen LogP contribution < -0.4 is 10.1 Å². The fourth-order valence-electron chi connectivity index (χ4n) is 1.42. The van der Waals surface area contributed by atoms with E-state index in [1.807, 2.05) is 0 Å². The molecule has 0 saturated carbocycles. The first-order valence-corrected chi connectivity index (χ1v) is 5.65. The molecule has 0 aliphatic heterocycles.